The van der Waals surface area contributed by atoms with Crippen LogP contribution in [0, 0.1) is 5.92 Å². The van der Waals surface area contributed by atoms with Crippen LogP contribution in [0.15, 0.2) is 58.3 Å². The Labute approximate surface area is 184 Å². The van der Waals surface area contributed by atoms with Crippen molar-refractivity contribution in [1.29, 1.82) is 0 Å². The van der Waals surface area contributed by atoms with Crippen molar-refractivity contribution < 1.29 is 26.8 Å². The zero-order valence-corrected chi connectivity index (χ0v) is 18.4. The molecular weight excluding hydrogens is 446 g/mol. The van der Waals surface area contributed by atoms with Crippen molar-refractivity contribution in [2.24, 2.45) is 5.92 Å². The number of carbonyl (C=O) groups is 2. The van der Waals surface area contributed by atoms with Crippen LogP contribution in [0.1, 0.15) is 30.1 Å². The van der Waals surface area contributed by atoms with E-state index in [9.17, 15) is 26.8 Å². The van der Waals surface area contributed by atoms with Gasteiger partial charge in [0.05, 0.1) is 10.6 Å². The summed E-state index contributed by atoms with van der Waals surface area (Å²) in [5.74, 6) is -3.58. The molecule has 6 nitrogen and oxygen atoms in total. The molecule has 0 saturated carbocycles. The van der Waals surface area contributed by atoms with Gasteiger partial charge in [0.25, 0.3) is 5.76 Å². The third-order valence-electron chi connectivity index (χ3n) is 5.06. The summed E-state index contributed by atoms with van der Waals surface area (Å²) >= 11 is 0.359. The number of ketones is 1. The number of carbonyl (C=O) groups excluding carboxylic acids is 2. The van der Waals surface area contributed by atoms with Crippen LogP contribution in [0.2, 0.25) is 0 Å². The van der Waals surface area contributed by atoms with E-state index in [1.807, 2.05) is 0 Å². The van der Waals surface area contributed by atoms with Crippen LogP contribution >= 0.6 is 11.8 Å². The Kier molecular flexibility index (Phi) is 7.45. The van der Waals surface area contributed by atoms with Gasteiger partial charge in [-0.25, -0.2) is 8.42 Å². The summed E-state index contributed by atoms with van der Waals surface area (Å²) in [6, 6.07) is 12.2. The molecule has 1 aliphatic rings. The molecule has 2 aromatic rings. The van der Waals surface area contributed by atoms with Gasteiger partial charge >= 0.3 is 0 Å². The fraction of sp³-hybridized carbons (Fsp3) is 0.333. The first kappa shape index (κ1) is 23.4. The van der Waals surface area contributed by atoms with Crippen LogP contribution in [0.5, 0.6) is 0 Å². The number of nitrogens with one attached hydrogen (secondary N) is 1. The number of anilines is 1. The molecule has 0 bridgehead atoms. The molecular formula is C21H22F2N2O4S2. The number of amides is 1. The molecule has 1 aliphatic heterocycles. The number of thioether (sulfide) groups is 1. The molecule has 0 unspecified atom stereocenters. The highest BCUT2D eigenvalue weighted by Crippen LogP contribution is 2.32. The molecule has 3 rings (SSSR count). The maximum absolute atomic E-state index is 12.9. The Bertz CT molecular complexity index is 1070. The third kappa shape index (κ3) is 5.69. The molecule has 1 amide bonds. The number of para-hydroxylation sites is 1. The monoisotopic (exact) mass is 468 g/mol. The van der Waals surface area contributed by atoms with E-state index in [-0.39, 0.29) is 34.6 Å². The Morgan fingerprint density at radius 1 is 1.10 bits per heavy atom. The van der Waals surface area contributed by atoms with Gasteiger partial charge in [-0.15, -0.1) is 0 Å². The number of nitrogens with zero attached hydrogens (tertiary/aromatic N) is 1. The zero-order valence-electron chi connectivity index (χ0n) is 16.8. The topological polar surface area (TPSA) is 83.6 Å². The fourth-order valence-electron chi connectivity index (χ4n) is 3.39. The molecule has 1 heterocycles. The molecule has 0 spiro atoms. The van der Waals surface area contributed by atoms with E-state index in [4.69, 9.17) is 0 Å². The summed E-state index contributed by atoms with van der Waals surface area (Å²) < 4.78 is 52.6. The maximum atomic E-state index is 12.9. The standard InChI is InChI=1S/C21H22F2N2O4S2/c1-14(26)16-5-4-6-17(13-16)31(28,29)25-11-9-15(10-12-25)20(27)24-18-7-2-3-8-19(18)30-21(22)23/h2-8,13,15,21H,9-12H2,1H3,(H,24,27). The number of sulfonamides is 1. The molecule has 31 heavy (non-hydrogen) atoms. The lowest BCUT2D eigenvalue weighted by molar-refractivity contribution is -0.120. The minimum absolute atomic E-state index is 0.0426. The highest BCUT2D eigenvalue weighted by atomic mass is 32.2. The number of hydrogen-bond donors (Lipinski definition) is 1. The van der Waals surface area contributed by atoms with Gasteiger partial charge in [-0.3, -0.25) is 9.59 Å². The fourth-order valence-corrected chi connectivity index (χ4v) is 5.50. The molecule has 10 heteroatoms. The van der Waals surface area contributed by atoms with E-state index in [2.05, 4.69) is 5.32 Å². The second-order valence-electron chi connectivity index (χ2n) is 7.13. The largest absolute Gasteiger partial charge is 0.325 e. The summed E-state index contributed by atoms with van der Waals surface area (Å²) in [6.07, 6.45) is 0.614. The van der Waals surface area contributed by atoms with Gasteiger partial charge < -0.3 is 5.32 Å². The van der Waals surface area contributed by atoms with E-state index in [1.54, 1.807) is 24.3 Å². The summed E-state index contributed by atoms with van der Waals surface area (Å²) in [4.78, 5) is 24.5. The summed E-state index contributed by atoms with van der Waals surface area (Å²) in [5.41, 5.74) is 0.629. The third-order valence-corrected chi connectivity index (χ3v) is 7.75. The molecule has 166 valence electrons. The molecule has 1 saturated heterocycles. The van der Waals surface area contributed by atoms with Crippen LogP contribution in [0.4, 0.5) is 14.5 Å². The number of piperidine rings is 1. The van der Waals surface area contributed by atoms with Gasteiger partial charge in [-0.2, -0.15) is 13.1 Å². The molecule has 1 fully saturated rings. The SMILES string of the molecule is CC(=O)c1cccc(S(=O)(=O)N2CCC(C(=O)Nc3ccccc3SC(F)F)CC2)c1. The van der Waals surface area contributed by atoms with Crippen LogP contribution in [-0.2, 0) is 14.8 Å². The van der Waals surface area contributed by atoms with Crippen LogP contribution in [0.25, 0.3) is 0 Å². The first-order valence-corrected chi connectivity index (χ1v) is 12.0. The van der Waals surface area contributed by atoms with Gasteiger partial charge in [0, 0.05) is 29.5 Å². The first-order valence-electron chi connectivity index (χ1n) is 9.64. The highest BCUT2D eigenvalue weighted by Gasteiger charge is 2.32. The highest BCUT2D eigenvalue weighted by molar-refractivity contribution is 7.99. The van der Waals surface area contributed by atoms with E-state index < -0.39 is 21.7 Å². The molecule has 0 aliphatic carbocycles. The number of Topliss-reactive ketones (excluding diaryl/α,β-unsaturated/α-hetero) is 1. The number of hydrogen-bond acceptors (Lipinski definition) is 5. The Morgan fingerprint density at radius 3 is 2.42 bits per heavy atom. The van der Waals surface area contributed by atoms with Gasteiger partial charge in [0.15, 0.2) is 5.78 Å². The lowest BCUT2D eigenvalue weighted by Crippen LogP contribution is -2.41. The average Bonchev–Trinajstić information content (AvgIpc) is 2.75. The Balaban J connectivity index is 1.65. The van der Waals surface area contributed by atoms with Crippen molar-refractivity contribution >= 4 is 39.2 Å². The summed E-state index contributed by atoms with van der Waals surface area (Å²) in [7, 11) is -3.78. The normalized spacial score (nSPS) is 15.7. The lowest BCUT2D eigenvalue weighted by atomic mass is 9.97. The van der Waals surface area contributed by atoms with Crippen LogP contribution in [-0.4, -0.2) is 43.3 Å². The molecule has 0 radical (unpaired) electrons. The molecule has 0 atom stereocenters. The maximum Gasteiger partial charge on any atom is 0.288 e. The quantitative estimate of drug-likeness (QED) is 0.485. The molecule has 0 aromatic heterocycles. The van der Waals surface area contributed by atoms with Crippen LogP contribution in [0.3, 0.4) is 0 Å². The second-order valence-corrected chi connectivity index (χ2v) is 10.1. The minimum Gasteiger partial charge on any atom is -0.325 e. The van der Waals surface area contributed by atoms with Crippen molar-refractivity contribution in [2.75, 3.05) is 18.4 Å². The Hall–Kier alpha value is -2.30. The number of benzene rings is 2. The van der Waals surface area contributed by atoms with Gasteiger partial charge in [-0.1, -0.05) is 36.0 Å². The van der Waals surface area contributed by atoms with Gasteiger partial charge in [-0.05, 0) is 44.0 Å². The molecule has 1 N–H and O–H groups in total. The number of rotatable bonds is 7. The van der Waals surface area contributed by atoms with Crippen molar-refractivity contribution in [3.8, 4) is 0 Å². The van der Waals surface area contributed by atoms with Crippen molar-refractivity contribution in [3.05, 3.63) is 54.1 Å². The van der Waals surface area contributed by atoms with Crippen molar-refractivity contribution in [1.82, 2.24) is 4.31 Å². The van der Waals surface area contributed by atoms with E-state index in [0.717, 1.165) is 0 Å². The second kappa shape index (κ2) is 9.88. The first-order chi connectivity index (χ1) is 14.7. The average molecular weight is 469 g/mol. The van der Waals surface area contributed by atoms with Gasteiger partial charge in [0.2, 0.25) is 15.9 Å². The van der Waals surface area contributed by atoms with Crippen molar-refractivity contribution in [2.45, 2.75) is 35.3 Å². The van der Waals surface area contributed by atoms with Gasteiger partial charge in [0.1, 0.15) is 0 Å². The van der Waals surface area contributed by atoms with E-state index in [0.29, 0.717) is 35.9 Å². The smallest absolute Gasteiger partial charge is 0.288 e. The summed E-state index contributed by atoms with van der Waals surface area (Å²) in [5, 5.41) is 2.69. The summed E-state index contributed by atoms with van der Waals surface area (Å²) in [6.45, 7) is 1.67. The van der Waals surface area contributed by atoms with E-state index in [1.165, 1.54) is 35.5 Å². The number of halogens is 2. The lowest BCUT2D eigenvalue weighted by Gasteiger charge is -2.30. The predicted molar refractivity (Wildman–Crippen MR) is 115 cm³/mol. The van der Waals surface area contributed by atoms with Crippen LogP contribution < -0.4 is 5.32 Å². The zero-order chi connectivity index (χ0) is 22.6. The minimum atomic E-state index is -3.78. The Morgan fingerprint density at radius 2 is 1.77 bits per heavy atom. The van der Waals surface area contributed by atoms with Crippen molar-refractivity contribution in [3.63, 3.8) is 0 Å². The predicted octanol–water partition coefficient (Wildman–Crippen LogP) is 4.24. The molecule has 2 aromatic carbocycles. The van der Waals surface area contributed by atoms with E-state index >= 15 is 0 Å². The number of alkyl halides is 2.